The fraction of sp³-hybridized carbons (Fsp3) is 0.417. The van der Waals surface area contributed by atoms with Crippen molar-refractivity contribution in [3.8, 4) is 0 Å². The SMILES string of the molecule is CN(C)c1ccc2c(c1)C(C)(C)C=N2. The first-order chi connectivity index (χ1) is 6.50. The first kappa shape index (κ1) is 9.25. The van der Waals surface area contributed by atoms with E-state index < -0.39 is 0 Å². The lowest BCUT2D eigenvalue weighted by Crippen LogP contribution is -2.16. The minimum absolute atomic E-state index is 0.0847. The molecular weight excluding hydrogens is 172 g/mol. The maximum atomic E-state index is 4.41. The highest BCUT2D eigenvalue weighted by molar-refractivity contribution is 5.85. The van der Waals surface area contributed by atoms with Crippen molar-refractivity contribution >= 4 is 17.6 Å². The summed E-state index contributed by atoms with van der Waals surface area (Å²) in [5.74, 6) is 0. The average molecular weight is 188 g/mol. The smallest absolute Gasteiger partial charge is 0.0668 e. The number of rotatable bonds is 1. The molecule has 1 aromatic rings. The van der Waals surface area contributed by atoms with Gasteiger partial charge in [0.05, 0.1) is 5.69 Å². The summed E-state index contributed by atoms with van der Waals surface area (Å²) in [5, 5.41) is 0. The topological polar surface area (TPSA) is 15.6 Å². The van der Waals surface area contributed by atoms with E-state index in [4.69, 9.17) is 0 Å². The molecule has 0 aliphatic carbocycles. The van der Waals surface area contributed by atoms with Crippen LogP contribution >= 0.6 is 0 Å². The average Bonchev–Trinajstić information content (AvgIpc) is 2.42. The third-order valence-electron chi connectivity index (χ3n) is 2.72. The lowest BCUT2D eigenvalue weighted by atomic mass is 9.87. The Kier molecular flexibility index (Phi) is 1.88. The van der Waals surface area contributed by atoms with E-state index in [1.54, 1.807) is 0 Å². The van der Waals surface area contributed by atoms with Gasteiger partial charge in [0.2, 0.25) is 0 Å². The second kappa shape index (κ2) is 2.84. The summed E-state index contributed by atoms with van der Waals surface area (Å²) in [6, 6.07) is 6.43. The van der Waals surface area contributed by atoms with Gasteiger partial charge in [-0.1, -0.05) is 13.8 Å². The first-order valence-corrected chi connectivity index (χ1v) is 4.88. The number of hydrogen-bond acceptors (Lipinski definition) is 2. The lowest BCUT2D eigenvalue weighted by molar-refractivity contribution is 0.752. The summed E-state index contributed by atoms with van der Waals surface area (Å²) in [6.45, 7) is 4.39. The number of benzene rings is 1. The number of fused-ring (bicyclic) bond motifs is 1. The minimum atomic E-state index is 0.0847. The third kappa shape index (κ3) is 1.31. The molecule has 1 aliphatic heterocycles. The molecular formula is C12H16N2. The Bertz CT molecular complexity index is 389. The molecule has 0 amide bonds. The molecule has 1 heterocycles. The van der Waals surface area contributed by atoms with E-state index in [1.165, 1.54) is 11.3 Å². The van der Waals surface area contributed by atoms with Crippen LogP contribution in [0.5, 0.6) is 0 Å². The molecule has 0 aromatic heterocycles. The van der Waals surface area contributed by atoms with Crippen LogP contribution in [0.1, 0.15) is 19.4 Å². The van der Waals surface area contributed by atoms with Gasteiger partial charge in [-0.3, -0.25) is 4.99 Å². The van der Waals surface area contributed by atoms with Crippen LogP contribution in [-0.4, -0.2) is 20.3 Å². The summed E-state index contributed by atoms with van der Waals surface area (Å²) in [7, 11) is 4.12. The highest BCUT2D eigenvalue weighted by atomic mass is 15.1. The molecule has 1 aromatic carbocycles. The highest BCUT2D eigenvalue weighted by Gasteiger charge is 2.26. The Labute approximate surface area is 85.3 Å². The van der Waals surface area contributed by atoms with Crippen molar-refractivity contribution in [3.05, 3.63) is 23.8 Å². The van der Waals surface area contributed by atoms with Crippen LogP contribution in [-0.2, 0) is 5.41 Å². The summed E-state index contributed by atoms with van der Waals surface area (Å²) in [5.41, 5.74) is 3.76. The Morgan fingerprint density at radius 2 is 1.93 bits per heavy atom. The molecule has 0 saturated carbocycles. The van der Waals surface area contributed by atoms with Gasteiger partial charge in [-0.2, -0.15) is 0 Å². The monoisotopic (exact) mass is 188 g/mol. The van der Waals surface area contributed by atoms with E-state index in [9.17, 15) is 0 Å². The van der Waals surface area contributed by atoms with E-state index >= 15 is 0 Å². The van der Waals surface area contributed by atoms with Crippen LogP contribution in [0.25, 0.3) is 0 Å². The molecule has 0 bridgehead atoms. The maximum Gasteiger partial charge on any atom is 0.0668 e. The molecule has 0 fully saturated rings. The summed E-state index contributed by atoms with van der Waals surface area (Å²) in [6.07, 6.45) is 2.02. The first-order valence-electron chi connectivity index (χ1n) is 4.88. The van der Waals surface area contributed by atoms with Gasteiger partial charge in [-0.15, -0.1) is 0 Å². The second-order valence-corrected chi connectivity index (χ2v) is 4.58. The molecule has 2 rings (SSSR count). The van der Waals surface area contributed by atoms with Crippen LogP contribution in [0.3, 0.4) is 0 Å². The van der Waals surface area contributed by atoms with E-state index in [0.29, 0.717) is 0 Å². The minimum Gasteiger partial charge on any atom is -0.378 e. The number of nitrogens with zero attached hydrogens (tertiary/aromatic N) is 2. The number of hydrogen-bond donors (Lipinski definition) is 0. The van der Waals surface area contributed by atoms with Gasteiger partial charge in [-0.25, -0.2) is 0 Å². The van der Waals surface area contributed by atoms with E-state index in [1.807, 2.05) is 6.21 Å². The van der Waals surface area contributed by atoms with Crippen molar-refractivity contribution in [2.75, 3.05) is 19.0 Å². The fourth-order valence-corrected chi connectivity index (χ4v) is 1.73. The standard InChI is InChI=1S/C12H16N2/c1-12(2)8-13-11-6-5-9(14(3)4)7-10(11)12/h5-8H,1-4H3. The lowest BCUT2D eigenvalue weighted by Gasteiger charge is -2.19. The Balaban J connectivity index is 2.52. The fourth-order valence-electron chi connectivity index (χ4n) is 1.73. The molecule has 0 spiro atoms. The Morgan fingerprint density at radius 3 is 2.57 bits per heavy atom. The van der Waals surface area contributed by atoms with Gasteiger partial charge >= 0.3 is 0 Å². The quantitative estimate of drug-likeness (QED) is 0.661. The zero-order chi connectivity index (χ0) is 10.3. The van der Waals surface area contributed by atoms with Gasteiger partial charge in [0, 0.05) is 31.4 Å². The summed E-state index contributed by atoms with van der Waals surface area (Å²) in [4.78, 5) is 6.53. The molecule has 14 heavy (non-hydrogen) atoms. The molecule has 0 radical (unpaired) electrons. The molecule has 74 valence electrons. The van der Waals surface area contributed by atoms with Crippen molar-refractivity contribution < 1.29 is 0 Å². The molecule has 1 aliphatic rings. The van der Waals surface area contributed by atoms with Crippen LogP contribution in [0, 0.1) is 0 Å². The maximum absolute atomic E-state index is 4.41. The van der Waals surface area contributed by atoms with Crippen LogP contribution in [0.15, 0.2) is 23.2 Å². The van der Waals surface area contributed by atoms with Crippen molar-refractivity contribution in [1.82, 2.24) is 0 Å². The molecule has 0 saturated heterocycles. The largest absolute Gasteiger partial charge is 0.378 e. The van der Waals surface area contributed by atoms with Gasteiger partial charge in [0.15, 0.2) is 0 Å². The van der Waals surface area contributed by atoms with Crippen LogP contribution < -0.4 is 4.90 Å². The van der Waals surface area contributed by atoms with Gasteiger partial charge in [0.1, 0.15) is 0 Å². The van der Waals surface area contributed by atoms with Gasteiger partial charge in [0.25, 0.3) is 0 Å². The third-order valence-corrected chi connectivity index (χ3v) is 2.72. The van der Waals surface area contributed by atoms with E-state index in [0.717, 1.165) is 5.69 Å². The molecule has 0 atom stereocenters. The van der Waals surface area contributed by atoms with Crippen molar-refractivity contribution in [3.63, 3.8) is 0 Å². The van der Waals surface area contributed by atoms with E-state index in [2.05, 4.69) is 56.0 Å². The summed E-state index contributed by atoms with van der Waals surface area (Å²) < 4.78 is 0. The number of aliphatic imine (C=N–C) groups is 1. The molecule has 0 N–H and O–H groups in total. The zero-order valence-corrected chi connectivity index (χ0v) is 9.20. The molecule has 0 unspecified atom stereocenters. The Hall–Kier alpha value is -1.31. The van der Waals surface area contributed by atoms with Gasteiger partial charge in [-0.05, 0) is 23.8 Å². The van der Waals surface area contributed by atoms with Crippen molar-refractivity contribution in [1.29, 1.82) is 0 Å². The normalized spacial score (nSPS) is 16.9. The highest BCUT2D eigenvalue weighted by Crippen LogP contribution is 2.38. The predicted octanol–water partition coefficient (Wildman–Crippen LogP) is 2.75. The van der Waals surface area contributed by atoms with Gasteiger partial charge < -0.3 is 4.90 Å². The van der Waals surface area contributed by atoms with Crippen molar-refractivity contribution in [2.24, 2.45) is 4.99 Å². The van der Waals surface area contributed by atoms with Crippen LogP contribution in [0.2, 0.25) is 0 Å². The molecule has 2 nitrogen and oxygen atoms in total. The van der Waals surface area contributed by atoms with Crippen LogP contribution in [0.4, 0.5) is 11.4 Å². The van der Waals surface area contributed by atoms with Crippen molar-refractivity contribution in [2.45, 2.75) is 19.3 Å². The zero-order valence-electron chi connectivity index (χ0n) is 9.20. The molecule has 2 heteroatoms. The second-order valence-electron chi connectivity index (χ2n) is 4.58. The summed E-state index contributed by atoms with van der Waals surface area (Å²) >= 11 is 0. The Morgan fingerprint density at radius 1 is 1.21 bits per heavy atom. The predicted molar refractivity (Wildman–Crippen MR) is 61.9 cm³/mol. The number of anilines is 1. The van der Waals surface area contributed by atoms with E-state index in [-0.39, 0.29) is 5.41 Å².